The molecule has 1 aliphatic heterocycles. The number of carbonyl (C=O) groups excluding carboxylic acids is 2. The highest BCUT2D eigenvalue weighted by molar-refractivity contribution is 7.92. The van der Waals surface area contributed by atoms with Crippen molar-refractivity contribution in [1.29, 1.82) is 0 Å². The summed E-state index contributed by atoms with van der Waals surface area (Å²) < 4.78 is 30.2. The standard InChI is InChI=1S/C19H26N2O5S/c1-13(27(24,25)12-17-6-3-9-26-17)18(22)20-11-14-4-2-5-16(10-14)21-19(23)15-7-8-15/h2,4-5,10,13,15,17H,3,6-9,11-12H2,1H3,(H,20,22)(H,21,23)/t13-,17+/m0/s1. The van der Waals surface area contributed by atoms with Gasteiger partial charge in [-0.1, -0.05) is 12.1 Å². The molecule has 2 atom stereocenters. The second-order valence-corrected chi connectivity index (χ2v) is 9.65. The number of amides is 2. The first-order chi connectivity index (χ1) is 12.8. The second kappa shape index (κ2) is 8.39. The molecule has 2 amide bonds. The highest BCUT2D eigenvalue weighted by Gasteiger charge is 2.32. The average Bonchev–Trinajstić information content (AvgIpc) is 3.38. The molecule has 1 heterocycles. The maximum atomic E-state index is 12.4. The molecule has 2 N–H and O–H groups in total. The van der Waals surface area contributed by atoms with E-state index in [0.717, 1.165) is 24.8 Å². The van der Waals surface area contributed by atoms with E-state index in [9.17, 15) is 18.0 Å². The van der Waals surface area contributed by atoms with Gasteiger partial charge in [0, 0.05) is 24.8 Å². The number of sulfone groups is 1. The molecule has 0 bridgehead atoms. The van der Waals surface area contributed by atoms with Gasteiger partial charge in [-0.25, -0.2) is 8.42 Å². The molecule has 1 saturated carbocycles. The number of hydrogen-bond donors (Lipinski definition) is 2. The Kier molecular flexibility index (Phi) is 6.16. The van der Waals surface area contributed by atoms with Gasteiger partial charge < -0.3 is 15.4 Å². The SMILES string of the molecule is C[C@@H](C(=O)NCc1cccc(NC(=O)C2CC2)c1)S(=O)(=O)C[C@H]1CCCO1. The van der Waals surface area contributed by atoms with Crippen LogP contribution in [0.5, 0.6) is 0 Å². The van der Waals surface area contributed by atoms with E-state index in [2.05, 4.69) is 10.6 Å². The number of carbonyl (C=O) groups is 2. The van der Waals surface area contributed by atoms with Gasteiger partial charge in [-0.3, -0.25) is 9.59 Å². The van der Waals surface area contributed by atoms with Crippen molar-refractivity contribution in [3.8, 4) is 0 Å². The number of nitrogens with one attached hydrogen (secondary N) is 2. The van der Waals surface area contributed by atoms with Gasteiger partial charge in [0.05, 0.1) is 11.9 Å². The van der Waals surface area contributed by atoms with Crippen LogP contribution in [-0.2, 0) is 30.7 Å². The lowest BCUT2D eigenvalue weighted by Gasteiger charge is -2.16. The highest BCUT2D eigenvalue weighted by atomic mass is 32.2. The lowest BCUT2D eigenvalue weighted by molar-refractivity contribution is -0.120. The molecule has 2 aliphatic rings. The van der Waals surface area contributed by atoms with E-state index in [0.29, 0.717) is 18.7 Å². The molecule has 8 heteroatoms. The summed E-state index contributed by atoms with van der Waals surface area (Å²) in [5.41, 5.74) is 1.47. The molecular weight excluding hydrogens is 368 g/mol. The maximum absolute atomic E-state index is 12.4. The number of ether oxygens (including phenoxy) is 1. The van der Waals surface area contributed by atoms with E-state index in [1.54, 1.807) is 18.2 Å². The molecule has 1 saturated heterocycles. The summed E-state index contributed by atoms with van der Waals surface area (Å²) in [5, 5.41) is 4.41. The first-order valence-electron chi connectivity index (χ1n) is 9.36. The molecule has 27 heavy (non-hydrogen) atoms. The Morgan fingerprint density at radius 1 is 1.26 bits per heavy atom. The quantitative estimate of drug-likeness (QED) is 0.698. The summed E-state index contributed by atoms with van der Waals surface area (Å²) in [6.45, 7) is 2.19. The van der Waals surface area contributed by atoms with Crippen molar-refractivity contribution >= 4 is 27.3 Å². The van der Waals surface area contributed by atoms with Crippen LogP contribution < -0.4 is 10.6 Å². The third kappa shape index (κ3) is 5.52. The van der Waals surface area contributed by atoms with Gasteiger partial charge in [0.15, 0.2) is 9.84 Å². The van der Waals surface area contributed by atoms with Gasteiger partial charge in [-0.05, 0) is 50.3 Å². The monoisotopic (exact) mass is 394 g/mol. The fraction of sp³-hybridized carbons (Fsp3) is 0.579. The maximum Gasteiger partial charge on any atom is 0.238 e. The summed E-state index contributed by atoms with van der Waals surface area (Å²) >= 11 is 0. The largest absolute Gasteiger partial charge is 0.377 e. The zero-order valence-corrected chi connectivity index (χ0v) is 16.3. The molecule has 0 radical (unpaired) electrons. The van der Waals surface area contributed by atoms with Crippen molar-refractivity contribution in [2.24, 2.45) is 5.92 Å². The number of benzene rings is 1. The predicted molar refractivity (Wildman–Crippen MR) is 102 cm³/mol. The molecule has 0 unspecified atom stereocenters. The Hall–Kier alpha value is -1.93. The number of rotatable bonds is 8. The van der Waals surface area contributed by atoms with Gasteiger partial charge >= 0.3 is 0 Å². The summed E-state index contributed by atoms with van der Waals surface area (Å²) in [7, 11) is -3.57. The first kappa shape index (κ1) is 19.8. The van der Waals surface area contributed by atoms with Crippen LogP contribution in [0, 0.1) is 5.92 Å². The van der Waals surface area contributed by atoms with Crippen LogP contribution in [0.3, 0.4) is 0 Å². The second-order valence-electron chi connectivity index (χ2n) is 7.29. The fourth-order valence-electron chi connectivity index (χ4n) is 3.02. The first-order valence-corrected chi connectivity index (χ1v) is 11.1. The van der Waals surface area contributed by atoms with Gasteiger partial charge in [-0.15, -0.1) is 0 Å². The van der Waals surface area contributed by atoms with Crippen molar-refractivity contribution in [2.75, 3.05) is 17.7 Å². The van der Waals surface area contributed by atoms with Crippen LogP contribution in [0.4, 0.5) is 5.69 Å². The molecule has 1 aromatic carbocycles. The van der Waals surface area contributed by atoms with E-state index < -0.39 is 21.0 Å². The van der Waals surface area contributed by atoms with Gasteiger partial charge in [0.2, 0.25) is 11.8 Å². The average molecular weight is 394 g/mol. The van der Waals surface area contributed by atoms with Crippen molar-refractivity contribution < 1.29 is 22.7 Å². The normalized spacial score (nSPS) is 20.9. The molecule has 1 aromatic rings. The Morgan fingerprint density at radius 3 is 2.70 bits per heavy atom. The summed E-state index contributed by atoms with van der Waals surface area (Å²) in [4.78, 5) is 24.1. The van der Waals surface area contributed by atoms with E-state index in [1.165, 1.54) is 6.92 Å². The smallest absolute Gasteiger partial charge is 0.238 e. The van der Waals surface area contributed by atoms with Crippen LogP contribution >= 0.6 is 0 Å². The van der Waals surface area contributed by atoms with Crippen molar-refractivity contribution in [3.63, 3.8) is 0 Å². The zero-order valence-electron chi connectivity index (χ0n) is 15.4. The lowest BCUT2D eigenvalue weighted by atomic mass is 10.2. The minimum Gasteiger partial charge on any atom is -0.377 e. The molecule has 148 valence electrons. The van der Waals surface area contributed by atoms with E-state index in [1.807, 2.05) is 6.07 Å². The van der Waals surface area contributed by atoms with Gasteiger partial charge in [0.1, 0.15) is 5.25 Å². The Balaban J connectivity index is 1.52. The van der Waals surface area contributed by atoms with Crippen molar-refractivity contribution in [1.82, 2.24) is 5.32 Å². The van der Waals surface area contributed by atoms with Crippen LogP contribution in [0.2, 0.25) is 0 Å². The van der Waals surface area contributed by atoms with Gasteiger partial charge in [-0.2, -0.15) is 0 Å². The fourth-order valence-corrected chi connectivity index (χ4v) is 4.50. The summed E-state index contributed by atoms with van der Waals surface area (Å²) in [6, 6.07) is 7.19. The number of anilines is 1. The molecule has 0 spiro atoms. The van der Waals surface area contributed by atoms with Crippen LogP contribution in [-0.4, -0.2) is 43.9 Å². The molecule has 2 fully saturated rings. The predicted octanol–water partition coefficient (Wildman–Crippen LogP) is 1.63. The zero-order chi connectivity index (χ0) is 19.4. The molecule has 0 aromatic heterocycles. The van der Waals surface area contributed by atoms with Gasteiger partial charge in [0.25, 0.3) is 0 Å². The Labute approximate surface area is 159 Å². The van der Waals surface area contributed by atoms with E-state index in [-0.39, 0.29) is 30.2 Å². The number of hydrogen-bond acceptors (Lipinski definition) is 5. The van der Waals surface area contributed by atoms with E-state index >= 15 is 0 Å². The summed E-state index contributed by atoms with van der Waals surface area (Å²) in [6.07, 6.45) is 3.12. The Bertz CT molecular complexity index is 798. The molecule has 7 nitrogen and oxygen atoms in total. The Morgan fingerprint density at radius 2 is 2.04 bits per heavy atom. The minimum atomic E-state index is -3.57. The topological polar surface area (TPSA) is 102 Å². The van der Waals surface area contributed by atoms with Crippen molar-refractivity contribution in [3.05, 3.63) is 29.8 Å². The third-order valence-corrected chi connectivity index (χ3v) is 7.09. The van der Waals surface area contributed by atoms with Crippen LogP contribution in [0.1, 0.15) is 38.2 Å². The highest BCUT2D eigenvalue weighted by Crippen LogP contribution is 2.30. The molecule has 1 aliphatic carbocycles. The third-order valence-electron chi connectivity index (χ3n) is 4.96. The van der Waals surface area contributed by atoms with Crippen molar-refractivity contribution in [2.45, 2.75) is 50.5 Å². The van der Waals surface area contributed by atoms with Crippen LogP contribution in [0.25, 0.3) is 0 Å². The summed E-state index contributed by atoms with van der Waals surface area (Å²) in [5.74, 6) is -0.515. The minimum absolute atomic E-state index is 0.0185. The molecular formula is C19H26N2O5S. The lowest BCUT2D eigenvalue weighted by Crippen LogP contribution is -2.40. The molecule has 3 rings (SSSR count). The van der Waals surface area contributed by atoms with E-state index in [4.69, 9.17) is 4.74 Å². The van der Waals surface area contributed by atoms with Crippen LogP contribution in [0.15, 0.2) is 24.3 Å².